The normalized spacial score (nSPS) is 8.00. The predicted octanol–water partition coefficient (Wildman–Crippen LogP) is 1.28. The molecule has 1 rings (SSSR count). The van der Waals surface area contributed by atoms with Gasteiger partial charge in [0.25, 0.3) is 0 Å². The Kier molecular flexibility index (Phi) is 2.30. The summed E-state index contributed by atoms with van der Waals surface area (Å²) in [5, 5.41) is 8.12. The molecule has 2 N–H and O–H groups in total. The molecule has 3 heteroatoms. The maximum absolute atomic E-state index is 12.6. The van der Waals surface area contributed by atoms with Crippen LogP contribution in [0.25, 0.3) is 0 Å². The molecule has 0 heterocycles. The minimum absolute atomic E-state index is 0.0414. The average molecular weight is 160 g/mol. The SMILES string of the molecule is N#CC#Cc1ccc(F)c(N)c1. The molecule has 2 nitrogen and oxygen atoms in total. The smallest absolute Gasteiger partial charge is 0.152 e. The first-order chi connectivity index (χ1) is 5.74. The van der Waals surface area contributed by atoms with Gasteiger partial charge in [-0.25, -0.2) is 4.39 Å². The van der Waals surface area contributed by atoms with Gasteiger partial charge in [-0.2, -0.15) is 5.26 Å². The molecule has 0 aliphatic carbocycles. The molecule has 58 valence electrons. The number of nitriles is 1. The van der Waals surface area contributed by atoms with Crippen molar-refractivity contribution >= 4 is 5.69 Å². The zero-order valence-corrected chi connectivity index (χ0v) is 6.13. The van der Waals surface area contributed by atoms with Crippen molar-refractivity contribution < 1.29 is 4.39 Å². The fraction of sp³-hybridized carbons (Fsp3) is 0. The monoisotopic (exact) mass is 160 g/mol. The molecule has 0 saturated heterocycles. The second-order valence-electron chi connectivity index (χ2n) is 2.10. The Morgan fingerprint density at radius 2 is 2.17 bits per heavy atom. The Bertz CT molecular complexity index is 393. The van der Waals surface area contributed by atoms with Crippen LogP contribution in [-0.2, 0) is 0 Å². The average Bonchev–Trinajstić information content (AvgIpc) is 2.07. The van der Waals surface area contributed by atoms with Crippen LogP contribution >= 0.6 is 0 Å². The summed E-state index contributed by atoms with van der Waals surface area (Å²) < 4.78 is 12.6. The van der Waals surface area contributed by atoms with Crippen molar-refractivity contribution in [2.45, 2.75) is 0 Å². The largest absolute Gasteiger partial charge is 0.396 e. The van der Waals surface area contributed by atoms with E-state index in [0.29, 0.717) is 5.56 Å². The summed E-state index contributed by atoms with van der Waals surface area (Å²) in [7, 11) is 0. The van der Waals surface area contributed by atoms with Gasteiger partial charge in [-0.3, -0.25) is 0 Å². The van der Waals surface area contributed by atoms with E-state index in [1.807, 2.05) is 0 Å². The third kappa shape index (κ3) is 1.74. The lowest BCUT2D eigenvalue weighted by Crippen LogP contribution is -1.90. The molecule has 0 bridgehead atoms. The maximum atomic E-state index is 12.6. The van der Waals surface area contributed by atoms with Crippen LogP contribution in [0.15, 0.2) is 18.2 Å². The summed E-state index contributed by atoms with van der Waals surface area (Å²) in [5.74, 6) is 4.22. The number of nitrogens with two attached hydrogens (primary N) is 1. The Hall–Kier alpha value is -2.00. The van der Waals surface area contributed by atoms with Gasteiger partial charge in [0.05, 0.1) is 5.69 Å². The number of nitrogens with zero attached hydrogens (tertiary/aromatic N) is 1. The molecule has 0 saturated carbocycles. The lowest BCUT2D eigenvalue weighted by atomic mass is 10.2. The standard InChI is InChI=1S/C9H5FN2/c10-8-4-3-7(2-1-5-11)6-9(8)12/h3-4,6H,12H2. The van der Waals surface area contributed by atoms with Crippen molar-refractivity contribution in [3.8, 4) is 17.9 Å². The lowest BCUT2D eigenvalue weighted by molar-refractivity contribution is 0.632. The summed E-state index contributed by atoms with van der Waals surface area (Å²) in [6.45, 7) is 0. The van der Waals surface area contributed by atoms with Gasteiger partial charge < -0.3 is 5.73 Å². The number of nitrogen functional groups attached to an aromatic ring is 1. The van der Waals surface area contributed by atoms with E-state index in [-0.39, 0.29) is 5.69 Å². The first-order valence-electron chi connectivity index (χ1n) is 3.19. The van der Waals surface area contributed by atoms with Gasteiger partial charge in [0, 0.05) is 11.5 Å². The highest BCUT2D eigenvalue weighted by atomic mass is 19.1. The van der Waals surface area contributed by atoms with Gasteiger partial charge >= 0.3 is 0 Å². The van der Waals surface area contributed by atoms with Gasteiger partial charge in [0.1, 0.15) is 5.82 Å². The zero-order valence-electron chi connectivity index (χ0n) is 6.13. The van der Waals surface area contributed by atoms with Crippen LogP contribution in [0.1, 0.15) is 5.56 Å². The minimum Gasteiger partial charge on any atom is -0.396 e. The van der Waals surface area contributed by atoms with Crippen molar-refractivity contribution in [3.63, 3.8) is 0 Å². The summed E-state index contributed by atoms with van der Waals surface area (Å²) >= 11 is 0. The van der Waals surface area contributed by atoms with E-state index < -0.39 is 5.82 Å². The van der Waals surface area contributed by atoms with Crippen LogP contribution in [0.4, 0.5) is 10.1 Å². The number of halogens is 1. The minimum atomic E-state index is -0.475. The second-order valence-corrected chi connectivity index (χ2v) is 2.10. The lowest BCUT2D eigenvalue weighted by Gasteiger charge is -1.94. The van der Waals surface area contributed by atoms with Crippen molar-refractivity contribution in [1.82, 2.24) is 0 Å². The number of benzene rings is 1. The van der Waals surface area contributed by atoms with Crippen LogP contribution in [0, 0.1) is 29.0 Å². The van der Waals surface area contributed by atoms with E-state index in [0.717, 1.165) is 0 Å². The molecule has 0 aromatic heterocycles. The topological polar surface area (TPSA) is 49.8 Å². The molecule has 1 aromatic rings. The Balaban J connectivity index is 3.07. The summed E-state index contributed by atoms with van der Waals surface area (Å²) in [6.07, 6.45) is 0. The van der Waals surface area contributed by atoms with Crippen molar-refractivity contribution in [3.05, 3.63) is 29.6 Å². The van der Waals surface area contributed by atoms with Gasteiger partial charge in [-0.1, -0.05) is 5.92 Å². The molecule has 0 radical (unpaired) electrons. The fourth-order valence-corrected chi connectivity index (χ4v) is 0.722. The molecule has 0 aliphatic heterocycles. The molecule has 0 atom stereocenters. The molecule has 12 heavy (non-hydrogen) atoms. The fourth-order valence-electron chi connectivity index (χ4n) is 0.722. The number of hydrogen-bond donors (Lipinski definition) is 1. The molecule has 0 fully saturated rings. The van der Waals surface area contributed by atoms with E-state index in [4.69, 9.17) is 11.0 Å². The third-order valence-electron chi connectivity index (χ3n) is 1.26. The molecular formula is C9H5FN2. The maximum Gasteiger partial charge on any atom is 0.152 e. The van der Waals surface area contributed by atoms with Crippen LogP contribution in [0.3, 0.4) is 0 Å². The van der Waals surface area contributed by atoms with Crippen LogP contribution < -0.4 is 5.73 Å². The van der Waals surface area contributed by atoms with Crippen molar-refractivity contribution in [1.29, 1.82) is 5.26 Å². The van der Waals surface area contributed by atoms with E-state index in [9.17, 15) is 4.39 Å². The van der Waals surface area contributed by atoms with Crippen LogP contribution in [0.2, 0.25) is 0 Å². The number of rotatable bonds is 0. The highest BCUT2D eigenvalue weighted by Gasteiger charge is 1.96. The van der Waals surface area contributed by atoms with Gasteiger partial charge in [0.2, 0.25) is 0 Å². The van der Waals surface area contributed by atoms with Crippen LogP contribution in [-0.4, -0.2) is 0 Å². The first-order valence-corrected chi connectivity index (χ1v) is 3.19. The summed E-state index contributed by atoms with van der Waals surface area (Å²) in [5.41, 5.74) is 5.85. The molecule has 1 aromatic carbocycles. The quantitative estimate of drug-likeness (QED) is 0.459. The van der Waals surface area contributed by atoms with Gasteiger partial charge in [0.15, 0.2) is 6.07 Å². The summed E-state index contributed by atoms with van der Waals surface area (Å²) in [6, 6.07) is 5.73. The Morgan fingerprint density at radius 1 is 1.42 bits per heavy atom. The molecule has 0 amide bonds. The molecule has 0 unspecified atom stereocenters. The Morgan fingerprint density at radius 3 is 2.75 bits per heavy atom. The van der Waals surface area contributed by atoms with Gasteiger partial charge in [-0.15, -0.1) is 0 Å². The van der Waals surface area contributed by atoms with E-state index in [1.165, 1.54) is 18.2 Å². The zero-order chi connectivity index (χ0) is 8.97. The van der Waals surface area contributed by atoms with Gasteiger partial charge in [-0.05, 0) is 18.2 Å². The third-order valence-corrected chi connectivity index (χ3v) is 1.26. The summed E-state index contributed by atoms with van der Waals surface area (Å²) in [4.78, 5) is 0. The van der Waals surface area contributed by atoms with Crippen molar-refractivity contribution in [2.24, 2.45) is 0 Å². The Labute approximate surface area is 69.4 Å². The van der Waals surface area contributed by atoms with E-state index in [1.54, 1.807) is 6.07 Å². The van der Waals surface area contributed by atoms with E-state index in [2.05, 4.69) is 11.8 Å². The second kappa shape index (κ2) is 3.41. The highest BCUT2D eigenvalue weighted by Crippen LogP contribution is 2.10. The molecule has 0 spiro atoms. The molecular weight excluding hydrogens is 155 g/mol. The van der Waals surface area contributed by atoms with Crippen LogP contribution in [0.5, 0.6) is 0 Å². The number of hydrogen-bond acceptors (Lipinski definition) is 2. The molecule has 0 aliphatic rings. The highest BCUT2D eigenvalue weighted by molar-refractivity contribution is 5.49. The van der Waals surface area contributed by atoms with E-state index >= 15 is 0 Å². The predicted molar refractivity (Wildman–Crippen MR) is 43.3 cm³/mol. The first kappa shape index (κ1) is 8.10. The number of anilines is 1. The van der Waals surface area contributed by atoms with Crippen molar-refractivity contribution in [2.75, 3.05) is 5.73 Å².